The fourth-order valence-corrected chi connectivity index (χ4v) is 2.00. The Labute approximate surface area is 114 Å². The molecule has 0 bridgehead atoms. The molecule has 1 amide bonds. The van der Waals surface area contributed by atoms with Crippen molar-refractivity contribution >= 4 is 18.5 Å². The highest BCUT2D eigenvalue weighted by Gasteiger charge is 2.16. The standard InChI is InChI=1S/C14H21NO2S/c1-3-4-7-15(8-9-16)14(17)13-10-12(18)6-5-11(13)2/h5-6,10,16,18H,3-4,7-9H2,1-2H3. The minimum atomic E-state index is -0.0223. The van der Waals surface area contributed by atoms with Gasteiger partial charge in [0.15, 0.2) is 0 Å². The first-order valence-corrected chi connectivity index (χ1v) is 6.74. The second kappa shape index (κ2) is 7.44. The summed E-state index contributed by atoms with van der Waals surface area (Å²) in [6.45, 7) is 5.06. The molecule has 0 spiro atoms. The molecule has 0 aliphatic carbocycles. The fourth-order valence-electron chi connectivity index (χ4n) is 1.80. The van der Waals surface area contributed by atoms with Gasteiger partial charge in [0.25, 0.3) is 5.91 Å². The number of aryl methyl sites for hydroxylation is 1. The maximum absolute atomic E-state index is 12.4. The van der Waals surface area contributed by atoms with Crippen LogP contribution in [0.5, 0.6) is 0 Å². The van der Waals surface area contributed by atoms with Crippen molar-refractivity contribution in [2.45, 2.75) is 31.6 Å². The van der Waals surface area contributed by atoms with Gasteiger partial charge >= 0.3 is 0 Å². The first-order chi connectivity index (χ1) is 8.60. The zero-order valence-electron chi connectivity index (χ0n) is 11.0. The number of aliphatic hydroxyl groups is 1. The van der Waals surface area contributed by atoms with E-state index in [2.05, 4.69) is 19.6 Å². The van der Waals surface area contributed by atoms with Crippen molar-refractivity contribution in [3.05, 3.63) is 29.3 Å². The molecular weight excluding hydrogens is 246 g/mol. The molecule has 0 aliphatic rings. The number of hydrogen-bond donors (Lipinski definition) is 2. The van der Waals surface area contributed by atoms with Gasteiger partial charge in [-0.1, -0.05) is 19.4 Å². The molecule has 100 valence electrons. The van der Waals surface area contributed by atoms with Crippen LogP contribution in [0.4, 0.5) is 0 Å². The zero-order valence-corrected chi connectivity index (χ0v) is 11.9. The van der Waals surface area contributed by atoms with Crippen molar-refractivity contribution in [2.75, 3.05) is 19.7 Å². The van der Waals surface area contributed by atoms with Crippen LogP contribution in [0.3, 0.4) is 0 Å². The number of hydrogen-bond acceptors (Lipinski definition) is 3. The number of benzene rings is 1. The molecule has 1 aromatic rings. The Morgan fingerprint density at radius 2 is 2.11 bits per heavy atom. The summed E-state index contributed by atoms with van der Waals surface area (Å²) in [6.07, 6.45) is 1.98. The van der Waals surface area contributed by atoms with Crippen LogP contribution in [-0.2, 0) is 0 Å². The molecule has 1 N–H and O–H groups in total. The third-order valence-electron chi connectivity index (χ3n) is 2.89. The molecule has 1 aromatic carbocycles. The van der Waals surface area contributed by atoms with Gasteiger partial charge in [0.2, 0.25) is 0 Å². The van der Waals surface area contributed by atoms with Crippen LogP contribution in [0.15, 0.2) is 23.1 Å². The third-order valence-corrected chi connectivity index (χ3v) is 3.17. The first kappa shape index (κ1) is 15.1. The lowest BCUT2D eigenvalue weighted by molar-refractivity contribution is 0.0718. The molecule has 0 saturated carbocycles. The van der Waals surface area contributed by atoms with Gasteiger partial charge in [-0.2, -0.15) is 0 Å². The van der Waals surface area contributed by atoms with Gasteiger partial charge in [0.1, 0.15) is 0 Å². The van der Waals surface area contributed by atoms with Crippen LogP contribution in [0.25, 0.3) is 0 Å². The molecule has 3 nitrogen and oxygen atoms in total. The largest absolute Gasteiger partial charge is 0.395 e. The maximum atomic E-state index is 12.4. The maximum Gasteiger partial charge on any atom is 0.254 e. The SMILES string of the molecule is CCCCN(CCO)C(=O)c1cc(S)ccc1C. The first-order valence-electron chi connectivity index (χ1n) is 6.30. The van der Waals surface area contributed by atoms with Crippen LogP contribution in [0.1, 0.15) is 35.7 Å². The molecule has 0 radical (unpaired) electrons. The molecule has 0 aliphatic heterocycles. The van der Waals surface area contributed by atoms with E-state index in [-0.39, 0.29) is 12.5 Å². The van der Waals surface area contributed by atoms with Gasteiger partial charge in [-0.25, -0.2) is 0 Å². The van der Waals surface area contributed by atoms with Gasteiger partial charge < -0.3 is 10.0 Å². The van der Waals surface area contributed by atoms with Gasteiger partial charge in [-0.3, -0.25) is 4.79 Å². The van der Waals surface area contributed by atoms with Crippen molar-refractivity contribution in [2.24, 2.45) is 0 Å². The molecule has 0 atom stereocenters. The molecule has 0 saturated heterocycles. The van der Waals surface area contributed by atoms with E-state index in [4.69, 9.17) is 5.11 Å². The number of thiol groups is 1. The zero-order chi connectivity index (χ0) is 13.5. The highest BCUT2D eigenvalue weighted by Crippen LogP contribution is 2.16. The second-order valence-electron chi connectivity index (χ2n) is 4.37. The lowest BCUT2D eigenvalue weighted by Crippen LogP contribution is -2.34. The highest BCUT2D eigenvalue weighted by molar-refractivity contribution is 7.80. The number of aliphatic hydroxyl groups excluding tert-OH is 1. The Balaban J connectivity index is 2.90. The molecule has 4 heteroatoms. The number of carbonyl (C=O) groups excluding carboxylic acids is 1. The summed E-state index contributed by atoms with van der Waals surface area (Å²) in [5, 5.41) is 9.05. The number of amides is 1. The van der Waals surface area contributed by atoms with Crippen LogP contribution < -0.4 is 0 Å². The summed E-state index contributed by atoms with van der Waals surface area (Å²) in [6, 6.07) is 5.56. The molecule has 0 fully saturated rings. The topological polar surface area (TPSA) is 40.5 Å². The lowest BCUT2D eigenvalue weighted by atomic mass is 10.1. The van der Waals surface area contributed by atoms with Crippen molar-refractivity contribution in [1.82, 2.24) is 4.90 Å². The van der Waals surface area contributed by atoms with E-state index in [0.717, 1.165) is 23.3 Å². The normalized spacial score (nSPS) is 10.4. The van der Waals surface area contributed by atoms with Gasteiger partial charge in [0.05, 0.1) is 6.61 Å². The van der Waals surface area contributed by atoms with E-state index in [9.17, 15) is 4.79 Å². The van der Waals surface area contributed by atoms with Gasteiger partial charge in [-0.05, 0) is 31.0 Å². The molecule has 0 heterocycles. The molecule has 0 unspecified atom stereocenters. The average molecular weight is 267 g/mol. The summed E-state index contributed by atoms with van der Waals surface area (Å²) in [5.41, 5.74) is 1.62. The van der Waals surface area contributed by atoms with Gasteiger partial charge in [-0.15, -0.1) is 12.6 Å². The predicted molar refractivity (Wildman–Crippen MR) is 76.3 cm³/mol. The minimum Gasteiger partial charge on any atom is -0.395 e. The van der Waals surface area contributed by atoms with E-state index in [0.29, 0.717) is 18.7 Å². The minimum absolute atomic E-state index is 0.00489. The third kappa shape index (κ3) is 4.03. The van der Waals surface area contributed by atoms with E-state index >= 15 is 0 Å². The Morgan fingerprint density at radius 3 is 2.72 bits per heavy atom. The Kier molecular flexibility index (Phi) is 6.22. The lowest BCUT2D eigenvalue weighted by Gasteiger charge is -2.22. The monoisotopic (exact) mass is 267 g/mol. The molecule has 0 aromatic heterocycles. The van der Waals surface area contributed by atoms with Crippen molar-refractivity contribution in [3.8, 4) is 0 Å². The second-order valence-corrected chi connectivity index (χ2v) is 4.88. The van der Waals surface area contributed by atoms with Crippen LogP contribution >= 0.6 is 12.6 Å². The number of nitrogens with zero attached hydrogens (tertiary/aromatic N) is 1. The highest BCUT2D eigenvalue weighted by atomic mass is 32.1. The fraction of sp³-hybridized carbons (Fsp3) is 0.500. The number of carbonyl (C=O) groups is 1. The van der Waals surface area contributed by atoms with Crippen LogP contribution in [-0.4, -0.2) is 35.6 Å². The van der Waals surface area contributed by atoms with Crippen LogP contribution in [0, 0.1) is 6.92 Å². The summed E-state index contributed by atoms with van der Waals surface area (Å²) in [5.74, 6) is -0.0223. The van der Waals surface area contributed by atoms with Gasteiger partial charge in [0, 0.05) is 23.5 Å². The summed E-state index contributed by atoms with van der Waals surface area (Å²) < 4.78 is 0. The van der Waals surface area contributed by atoms with Crippen LogP contribution in [0.2, 0.25) is 0 Å². The van der Waals surface area contributed by atoms with E-state index in [1.165, 1.54) is 0 Å². The molecule has 18 heavy (non-hydrogen) atoms. The van der Waals surface area contributed by atoms with E-state index in [1.807, 2.05) is 19.1 Å². The quantitative estimate of drug-likeness (QED) is 0.778. The van der Waals surface area contributed by atoms with E-state index in [1.54, 1.807) is 11.0 Å². The number of rotatable bonds is 6. The van der Waals surface area contributed by atoms with Crippen molar-refractivity contribution in [3.63, 3.8) is 0 Å². The van der Waals surface area contributed by atoms with E-state index < -0.39 is 0 Å². The Morgan fingerprint density at radius 1 is 1.39 bits per heavy atom. The summed E-state index contributed by atoms with van der Waals surface area (Å²) in [4.78, 5) is 14.9. The molecular formula is C14H21NO2S. The predicted octanol–water partition coefficient (Wildman–Crippen LogP) is 2.52. The Bertz CT molecular complexity index is 407. The smallest absolute Gasteiger partial charge is 0.254 e. The summed E-state index contributed by atoms with van der Waals surface area (Å²) >= 11 is 4.27. The molecule has 1 rings (SSSR count). The summed E-state index contributed by atoms with van der Waals surface area (Å²) in [7, 11) is 0. The van der Waals surface area contributed by atoms with Crippen molar-refractivity contribution < 1.29 is 9.90 Å². The van der Waals surface area contributed by atoms with Crippen molar-refractivity contribution in [1.29, 1.82) is 0 Å². The average Bonchev–Trinajstić information content (AvgIpc) is 2.36. The Hall–Kier alpha value is -1.00. The number of unbranched alkanes of at least 4 members (excludes halogenated alkanes) is 1.